The van der Waals surface area contributed by atoms with E-state index < -0.39 is 17.9 Å². The van der Waals surface area contributed by atoms with Gasteiger partial charge in [-0.05, 0) is 86.0 Å². The van der Waals surface area contributed by atoms with Crippen molar-refractivity contribution in [3.05, 3.63) is 34.7 Å². The first kappa shape index (κ1) is 24.6. The normalized spacial score (nSPS) is 19.9. The largest absolute Gasteiger partial charge is 0.480 e. The number of aliphatic carboxylic acids is 1. The van der Waals surface area contributed by atoms with Crippen LogP contribution < -0.4 is 16.1 Å². The van der Waals surface area contributed by atoms with Crippen molar-refractivity contribution in [3.8, 4) is 0 Å². The molecule has 1 atom stereocenters. The smallest absolute Gasteiger partial charge is 0.320 e. The fourth-order valence-electron chi connectivity index (χ4n) is 4.46. The molecule has 2 aromatic rings. The summed E-state index contributed by atoms with van der Waals surface area (Å²) in [6.07, 6.45) is 5.30. The highest BCUT2D eigenvalue weighted by molar-refractivity contribution is 7.20. The number of thiophene rings is 1. The molecule has 1 aliphatic carbocycles. The lowest BCUT2D eigenvalue weighted by Gasteiger charge is -2.30. The van der Waals surface area contributed by atoms with Crippen LogP contribution in [0.5, 0.6) is 0 Å². The highest BCUT2D eigenvalue weighted by Gasteiger charge is 2.24. The number of carbonyl (C=O) groups excluding carboxylic acids is 1. The predicted molar refractivity (Wildman–Crippen MR) is 127 cm³/mol. The van der Waals surface area contributed by atoms with Crippen LogP contribution in [0, 0.1) is 17.8 Å². The molecule has 1 aliphatic rings. The number of carboxylic acid groups (broad SMARTS) is 1. The molecule has 5 N–H and O–H groups in total. The lowest BCUT2D eigenvalue weighted by atomic mass is 9.81. The monoisotopic (exact) mass is 461 g/mol. The van der Waals surface area contributed by atoms with Crippen LogP contribution in [0.25, 0.3) is 10.1 Å². The summed E-state index contributed by atoms with van der Waals surface area (Å²) in [7, 11) is 0. The molecular weight excluding hydrogens is 426 g/mol. The minimum atomic E-state index is -0.745. The van der Waals surface area contributed by atoms with E-state index in [0.717, 1.165) is 42.6 Å². The van der Waals surface area contributed by atoms with Gasteiger partial charge in [0.05, 0.1) is 4.88 Å². The van der Waals surface area contributed by atoms with Gasteiger partial charge in [-0.2, -0.15) is 0 Å². The minimum absolute atomic E-state index is 0.369. The molecule has 0 aliphatic heterocycles. The summed E-state index contributed by atoms with van der Waals surface area (Å²) >= 11 is 1.37. The van der Waals surface area contributed by atoms with Crippen molar-refractivity contribution >= 4 is 33.3 Å². The minimum Gasteiger partial charge on any atom is -0.480 e. The van der Waals surface area contributed by atoms with E-state index in [-0.39, 0.29) is 0 Å². The maximum absolute atomic E-state index is 11.6. The third-order valence-electron chi connectivity index (χ3n) is 6.30. The highest BCUT2D eigenvalue weighted by atomic mass is 32.1. The summed E-state index contributed by atoms with van der Waals surface area (Å²) in [4.78, 5) is 23.5. The SMILES string of the molecule is CC(C)C[C@H](NCC1CCC(CNCc2ccc3cc(C(=O)NO)sc3c2)CC1)C(=O)O. The van der Waals surface area contributed by atoms with E-state index in [2.05, 4.69) is 36.6 Å². The van der Waals surface area contributed by atoms with Crippen LogP contribution >= 0.6 is 11.3 Å². The Bertz CT molecular complexity index is 906. The van der Waals surface area contributed by atoms with E-state index in [4.69, 9.17) is 5.21 Å². The molecule has 0 saturated heterocycles. The maximum Gasteiger partial charge on any atom is 0.320 e. The number of amides is 1. The summed E-state index contributed by atoms with van der Waals surface area (Å²) in [6, 6.07) is 7.53. The van der Waals surface area contributed by atoms with Gasteiger partial charge in [0, 0.05) is 11.2 Å². The first-order valence-corrected chi connectivity index (χ1v) is 12.3. The second kappa shape index (κ2) is 11.7. The van der Waals surface area contributed by atoms with E-state index >= 15 is 0 Å². The molecule has 1 saturated carbocycles. The molecule has 1 aromatic heterocycles. The fourth-order valence-corrected chi connectivity index (χ4v) is 5.48. The maximum atomic E-state index is 11.6. The van der Waals surface area contributed by atoms with E-state index in [1.54, 1.807) is 11.5 Å². The number of rotatable bonds is 11. The van der Waals surface area contributed by atoms with Crippen LogP contribution in [0.4, 0.5) is 0 Å². The number of carboxylic acids is 1. The summed E-state index contributed by atoms with van der Waals surface area (Å²) in [5, 5.41) is 26.0. The summed E-state index contributed by atoms with van der Waals surface area (Å²) in [6.45, 7) is 6.67. The first-order valence-electron chi connectivity index (χ1n) is 11.5. The number of nitrogens with one attached hydrogen (secondary N) is 3. The van der Waals surface area contributed by atoms with Crippen LogP contribution in [-0.2, 0) is 11.3 Å². The Labute approximate surface area is 193 Å². The fraction of sp³-hybridized carbons (Fsp3) is 0.583. The standard InChI is InChI=1S/C24H35N3O4S/c1-15(2)9-20(24(29)30)26-14-17-5-3-16(4-6-17)12-25-13-18-7-8-19-11-22(23(28)27-31)32-21(19)10-18/h7-8,10-11,15-17,20,25-26,31H,3-6,9,12-14H2,1-2H3,(H,27,28)(H,29,30)/t16?,17?,20-/m0/s1. The van der Waals surface area contributed by atoms with Crippen LogP contribution in [-0.4, -0.2) is 41.3 Å². The van der Waals surface area contributed by atoms with Gasteiger partial charge in [-0.25, -0.2) is 5.48 Å². The molecule has 1 amide bonds. The number of hydrogen-bond acceptors (Lipinski definition) is 6. The molecule has 8 heteroatoms. The van der Waals surface area contributed by atoms with E-state index in [9.17, 15) is 14.7 Å². The van der Waals surface area contributed by atoms with Crippen molar-refractivity contribution in [2.45, 2.75) is 58.5 Å². The molecule has 3 rings (SSSR count). The lowest BCUT2D eigenvalue weighted by Crippen LogP contribution is -2.41. The third-order valence-corrected chi connectivity index (χ3v) is 7.39. The van der Waals surface area contributed by atoms with Gasteiger partial charge < -0.3 is 15.7 Å². The van der Waals surface area contributed by atoms with Gasteiger partial charge in [0.2, 0.25) is 0 Å². The Morgan fingerprint density at radius 2 is 1.78 bits per heavy atom. The topological polar surface area (TPSA) is 111 Å². The van der Waals surface area contributed by atoms with E-state index in [0.29, 0.717) is 29.1 Å². The van der Waals surface area contributed by atoms with Crippen molar-refractivity contribution in [2.75, 3.05) is 13.1 Å². The Balaban J connectivity index is 1.39. The first-order chi connectivity index (χ1) is 15.4. The Kier molecular flexibility index (Phi) is 9.04. The molecular formula is C24H35N3O4S. The molecule has 0 unspecified atom stereocenters. The van der Waals surface area contributed by atoms with Gasteiger partial charge in [0.15, 0.2) is 0 Å². The Hall–Kier alpha value is -2.00. The van der Waals surface area contributed by atoms with E-state index in [1.807, 2.05) is 6.07 Å². The Morgan fingerprint density at radius 3 is 2.41 bits per heavy atom. The van der Waals surface area contributed by atoms with E-state index in [1.165, 1.54) is 29.7 Å². The zero-order valence-corrected chi connectivity index (χ0v) is 19.7. The highest BCUT2D eigenvalue weighted by Crippen LogP contribution is 2.29. The summed E-state index contributed by atoms with van der Waals surface area (Å²) in [5.41, 5.74) is 2.86. The molecule has 1 aromatic carbocycles. The van der Waals surface area contributed by atoms with Crippen LogP contribution in [0.2, 0.25) is 0 Å². The number of carbonyl (C=O) groups is 2. The summed E-state index contributed by atoms with van der Waals surface area (Å²) in [5.74, 6) is 0.364. The molecule has 0 bridgehead atoms. The second-order valence-corrected chi connectivity index (χ2v) is 10.5. The van der Waals surface area contributed by atoms with Gasteiger partial charge in [-0.1, -0.05) is 26.0 Å². The third kappa shape index (κ3) is 7.00. The van der Waals surface area contributed by atoms with Crippen molar-refractivity contribution in [2.24, 2.45) is 17.8 Å². The van der Waals surface area contributed by atoms with Crippen molar-refractivity contribution in [3.63, 3.8) is 0 Å². The average molecular weight is 462 g/mol. The number of benzene rings is 1. The van der Waals surface area contributed by atoms with Gasteiger partial charge >= 0.3 is 5.97 Å². The zero-order chi connectivity index (χ0) is 23.1. The predicted octanol–water partition coefficient (Wildman–Crippen LogP) is 4.01. The second-order valence-electron chi connectivity index (χ2n) is 9.37. The van der Waals surface area contributed by atoms with Crippen molar-refractivity contribution in [1.82, 2.24) is 16.1 Å². The number of fused-ring (bicyclic) bond motifs is 1. The number of hydrogen-bond donors (Lipinski definition) is 5. The molecule has 0 radical (unpaired) electrons. The average Bonchev–Trinajstić information content (AvgIpc) is 3.20. The van der Waals surface area contributed by atoms with Gasteiger partial charge in [-0.3, -0.25) is 14.8 Å². The summed E-state index contributed by atoms with van der Waals surface area (Å²) < 4.78 is 1.04. The lowest BCUT2D eigenvalue weighted by molar-refractivity contribution is -0.140. The zero-order valence-electron chi connectivity index (χ0n) is 18.9. The van der Waals surface area contributed by atoms with Crippen LogP contribution in [0.1, 0.15) is 61.2 Å². The van der Waals surface area contributed by atoms with Crippen molar-refractivity contribution < 1.29 is 19.9 Å². The molecule has 176 valence electrons. The van der Waals surface area contributed by atoms with Gasteiger partial charge in [0.1, 0.15) is 6.04 Å². The number of hydroxylamine groups is 1. The molecule has 7 nitrogen and oxygen atoms in total. The quantitative estimate of drug-likeness (QED) is 0.255. The molecule has 1 heterocycles. The van der Waals surface area contributed by atoms with Gasteiger partial charge in [0.25, 0.3) is 5.91 Å². The Morgan fingerprint density at radius 1 is 1.09 bits per heavy atom. The molecule has 1 fully saturated rings. The molecule has 32 heavy (non-hydrogen) atoms. The van der Waals surface area contributed by atoms with Crippen LogP contribution in [0.3, 0.4) is 0 Å². The molecule has 0 spiro atoms. The van der Waals surface area contributed by atoms with Gasteiger partial charge in [-0.15, -0.1) is 11.3 Å². The van der Waals surface area contributed by atoms with Crippen LogP contribution in [0.15, 0.2) is 24.3 Å². The van der Waals surface area contributed by atoms with Crippen molar-refractivity contribution in [1.29, 1.82) is 0 Å².